The Balaban J connectivity index is 1.34. The van der Waals surface area contributed by atoms with E-state index in [1.807, 2.05) is 116 Å². The molecule has 55 heavy (non-hydrogen) atoms. The van der Waals surface area contributed by atoms with Crippen molar-refractivity contribution in [1.82, 2.24) is 9.55 Å². The Bertz CT molecular complexity index is 1900. The topological polar surface area (TPSA) is 118 Å². The highest BCUT2D eigenvalue weighted by atomic mass is 16.6. The van der Waals surface area contributed by atoms with Crippen LogP contribution in [0.1, 0.15) is 97.6 Å². The lowest BCUT2D eigenvalue weighted by atomic mass is 9.77. The fraction of sp³-hybridized carbons (Fsp3) is 0.467. The molecule has 0 bridgehead atoms. The Morgan fingerprint density at radius 2 is 1.51 bits per heavy atom. The van der Waals surface area contributed by atoms with Crippen LogP contribution in [0.25, 0.3) is 0 Å². The third-order valence-corrected chi connectivity index (χ3v) is 10.3. The number of hydrogen-bond acceptors (Lipinski definition) is 9. The first-order valence-corrected chi connectivity index (χ1v) is 19.2. The minimum atomic E-state index is -0.902. The largest absolute Gasteiger partial charge is 0.497 e. The summed E-state index contributed by atoms with van der Waals surface area (Å²) in [6.45, 7) is 15.4. The summed E-state index contributed by atoms with van der Waals surface area (Å²) in [6, 6.07) is 29.8. The van der Waals surface area contributed by atoms with Gasteiger partial charge in [0.05, 0.1) is 13.0 Å². The van der Waals surface area contributed by atoms with Crippen LogP contribution >= 0.6 is 0 Å². The van der Waals surface area contributed by atoms with Crippen LogP contribution in [-0.4, -0.2) is 46.4 Å². The molecule has 1 aliphatic heterocycles. The average Bonchev–Trinajstić information content (AvgIpc) is 3.45. The number of esters is 2. The molecule has 1 aromatic heterocycles. The van der Waals surface area contributed by atoms with Crippen molar-refractivity contribution in [3.63, 3.8) is 0 Å². The average molecular weight is 752 g/mol. The van der Waals surface area contributed by atoms with Crippen molar-refractivity contribution in [1.29, 1.82) is 0 Å². The second-order valence-electron chi connectivity index (χ2n) is 16.5. The molecule has 5 atom stereocenters. The molecule has 0 saturated carbocycles. The van der Waals surface area contributed by atoms with Gasteiger partial charge in [0, 0.05) is 18.5 Å². The summed E-state index contributed by atoms with van der Waals surface area (Å²) in [5.74, 6) is -0.0167. The molecule has 10 heteroatoms. The monoisotopic (exact) mass is 751 g/mol. The summed E-state index contributed by atoms with van der Waals surface area (Å²) < 4.78 is 24.9. The van der Waals surface area contributed by atoms with E-state index in [0.29, 0.717) is 18.7 Å². The maximum atomic E-state index is 13.9. The highest BCUT2D eigenvalue weighted by Crippen LogP contribution is 2.42. The molecule has 3 aromatic carbocycles. The maximum Gasteiger partial charge on any atom is 0.351 e. The molecule has 2 heterocycles. The predicted molar refractivity (Wildman–Crippen MR) is 214 cm³/mol. The fourth-order valence-electron chi connectivity index (χ4n) is 7.86. The Morgan fingerprint density at radius 3 is 2.04 bits per heavy atom. The van der Waals surface area contributed by atoms with E-state index in [1.54, 1.807) is 19.4 Å². The number of nitrogens with one attached hydrogen (secondary N) is 1. The molecule has 2 unspecified atom stereocenters. The molecule has 0 radical (unpaired) electrons. The Morgan fingerprint density at radius 1 is 0.927 bits per heavy atom. The van der Waals surface area contributed by atoms with Crippen LogP contribution in [0.4, 0.5) is 5.82 Å². The summed E-state index contributed by atoms with van der Waals surface area (Å²) in [4.78, 5) is 44.3. The summed E-state index contributed by atoms with van der Waals surface area (Å²) in [6.07, 6.45) is 2.42. The van der Waals surface area contributed by atoms with E-state index >= 15 is 0 Å². The van der Waals surface area contributed by atoms with Crippen LogP contribution in [0.5, 0.6) is 5.75 Å². The zero-order valence-electron chi connectivity index (χ0n) is 33.7. The Kier molecular flexibility index (Phi) is 12.9. The standard InChI is InChI=1S/C45H57N3O7/c1-30(2)39(31(3)20-25-38(49)54-43(5,6)7)41(50)53-29-44(8)28-32(4)40(55-44)48-27-26-37(46-42(48)51)47-45(33-16-12-10-13-17-33,34-18-14-11-15-19-34)35-21-23-36(52-9)24-22-35/h10-19,21-24,26-27,30-32,39-40H,20,25,28-29H2,1-9H3,(H,46,47,51)/t31?,32?,39-,40-,44+/m1/s1. The van der Waals surface area contributed by atoms with Crippen LogP contribution < -0.4 is 15.7 Å². The van der Waals surface area contributed by atoms with Crippen molar-refractivity contribution < 1.29 is 28.5 Å². The van der Waals surface area contributed by atoms with Gasteiger partial charge in [-0.15, -0.1) is 0 Å². The highest BCUT2D eigenvalue weighted by Gasteiger charge is 2.44. The van der Waals surface area contributed by atoms with Crippen molar-refractivity contribution in [3.8, 4) is 5.75 Å². The van der Waals surface area contributed by atoms with E-state index in [-0.39, 0.29) is 42.7 Å². The first kappa shape index (κ1) is 41.2. The third kappa shape index (κ3) is 9.84. The van der Waals surface area contributed by atoms with Gasteiger partial charge in [0.1, 0.15) is 41.1 Å². The van der Waals surface area contributed by atoms with E-state index in [4.69, 9.17) is 18.9 Å². The van der Waals surface area contributed by atoms with Crippen LogP contribution in [0, 0.1) is 23.7 Å². The molecule has 0 spiro atoms. The molecule has 5 rings (SSSR count). The molecular weight excluding hydrogens is 695 g/mol. The summed E-state index contributed by atoms with van der Waals surface area (Å²) in [5.41, 5.74) is 0.123. The Hall–Kier alpha value is -4.96. The van der Waals surface area contributed by atoms with E-state index in [2.05, 4.69) is 34.6 Å². The number of hydrogen-bond donors (Lipinski definition) is 1. The van der Waals surface area contributed by atoms with Crippen LogP contribution in [0.3, 0.4) is 0 Å². The number of nitrogens with zero attached hydrogens (tertiary/aromatic N) is 2. The first-order chi connectivity index (χ1) is 26.0. The molecule has 294 valence electrons. The number of carbonyl (C=O) groups excluding carboxylic acids is 2. The molecular formula is C45H57N3O7. The van der Waals surface area contributed by atoms with Crippen molar-refractivity contribution in [3.05, 3.63) is 124 Å². The fourth-order valence-corrected chi connectivity index (χ4v) is 7.86. The number of carbonyl (C=O) groups is 2. The zero-order valence-corrected chi connectivity index (χ0v) is 33.7. The summed E-state index contributed by atoms with van der Waals surface area (Å²) >= 11 is 0. The molecule has 0 aliphatic carbocycles. The summed E-state index contributed by atoms with van der Waals surface area (Å²) in [7, 11) is 1.64. The molecule has 0 amide bonds. The lowest BCUT2D eigenvalue weighted by Gasteiger charge is -2.37. The Labute approximate surface area is 325 Å². The van der Waals surface area contributed by atoms with Gasteiger partial charge in [-0.25, -0.2) is 4.79 Å². The quantitative estimate of drug-likeness (QED) is 0.0942. The molecule has 1 fully saturated rings. The molecule has 1 aliphatic rings. The second-order valence-corrected chi connectivity index (χ2v) is 16.5. The number of aromatic nitrogens is 2. The number of ether oxygens (including phenoxy) is 4. The second kappa shape index (κ2) is 17.2. The van der Waals surface area contributed by atoms with Crippen LogP contribution in [0.2, 0.25) is 0 Å². The smallest absolute Gasteiger partial charge is 0.351 e. The van der Waals surface area contributed by atoms with Crippen molar-refractivity contribution in [2.75, 3.05) is 19.0 Å². The predicted octanol–water partition coefficient (Wildman–Crippen LogP) is 8.54. The van der Waals surface area contributed by atoms with Crippen molar-refractivity contribution in [2.24, 2.45) is 23.7 Å². The van der Waals surface area contributed by atoms with Crippen LogP contribution in [0.15, 0.2) is 102 Å². The van der Waals surface area contributed by atoms with E-state index in [1.165, 1.54) is 4.57 Å². The molecule has 4 aromatic rings. The van der Waals surface area contributed by atoms with E-state index in [9.17, 15) is 14.4 Å². The van der Waals surface area contributed by atoms with Gasteiger partial charge in [-0.1, -0.05) is 100 Å². The minimum absolute atomic E-state index is 0.00845. The normalized spacial score (nSPS) is 19.7. The number of rotatable bonds is 15. The van der Waals surface area contributed by atoms with E-state index < -0.39 is 34.6 Å². The third-order valence-electron chi connectivity index (χ3n) is 10.3. The molecule has 10 nitrogen and oxygen atoms in total. The maximum absolute atomic E-state index is 13.9. The lowest BCUT2D eigenvalue weighted by Crippen LogP contribution is -2.40. The van der Waals surface area contributed by atoms with Gasteiger partial charge in [-0.2, -0.15) is 4.98 Å². The zero-order chi connectivity index (χ0) is 40.0. The number of anilines is 1. The van der Waals surface area contributed by atoms with Crippen molar-refractivity contribution >= 4 is 17.8 Å². The van der Waals surface area contributed by atoms with Crippen LogP contribution in [-0.2, 0) is 29.3 Å². The van der Waals surface area contributed by atoms with Crippen molar-refractivity contribution in [2.45, 2.75) is 97.6 Å². The molecule has 1 saturated heterocycles. The molecule has 1 N–H and O–H groups in total. The number of methoxy groups -OCH3 is 1. The van der Waals surface area contributed by atoms with Gasteiger partial charge in [-0.3, -0.25) is 14.2 Å². The van der Waals surface area contributed by atoms with Gasteiger partial charge in [0.15, 0.2) is 0 Å². The van der Waals surface area contributed by atoms with Gasteiger partial charge in [0.2, 0.25) is 0 Å². The minimum Gasteiger partial charge on any atom is -0.497 e. The van der Waals surface area contributed by atoms with Gasteiger partial charge < -0.3 is 24.3 Å². The number of benzene rings is 3. The lowest BCUT2D eigenvalue weighted by molar-refractivity contribution is -0.165. The SMILES string of the molecule is COc1ccc(C(Nc2ccn([C@@H]3O[C@](C)(COC(=O)[C@H](C(C)C)C(C)CCC(=O)OC(C)(C)C)CC3C)c(=O)n2)(c2ccccc2)c2ccccc2)cc1. The highest BCUT2D eigenvalue weighted by molar-refractivity contribution is 5.73. The first-order valence-electron chi connectivity index (χ1n) is 19.2. The van der Waals surface area contributed by atoms with E-state index in [0.717, 1.165) is 22.4 Å². The van der Waals surface area contributed by atoms with Gasteiger partial charge in [-0.05, 0) is 87.3 Å². The van der Waals surface area contributed by atoms with Gasteiger partial charge >= 0.3 is 17.6 Å². The summed E-state index contributed by atoms with van der Waals surface area (Å²) in [5, 5.41) is 3.66. The van der Waals surface area contributed by atoms with Gasteiger partial charge in [0.25, 0.3) is 0 Å².